The monoisotopic (exact) mass is 388 g/mol. The maximum atomic E-state index is 12.9. The van der Waals surface area contributed by atoms with E-state index in [9.17, 15) is 9.59 Å². The third-order valence-corrected chi connectivity index (χ3v) is 5.94. The van der Waals surface area contributed by atoms with Crippen LogP contribution in [0.15, 0.2) is 59.1 Å². The van der Waals surface area contributed by atoms with Gasteiger partial charge in [0.1, 0.15) is 11.4 Å². The molecule has 0 N–H and O–H groups in total. The van der Waals surface area contributed by atoms with Gasteiger partial charge in [-0.15, -0.1) is 11.8 Å². The molecule has 0 spiro atoms. The van der Waals surface area contributed by atoms with E-state index in [2.05, 4.69) is 15.9 Å². The van der Waals surface area contributed by atoms with E-state index in [-0.39, 0.29) is 23.4 Å². The number of anilines is 1. The highest BCUT2D eigenvalue weighted by Gasteiger charge is 2.53. The summed E-state index contributed by atoms with van der Waals surface area (Å²) in [7, 11) is 0. The van der Waals surface area contributed by atoms with Gasteiger partial charge in [0.2, 0.25) is 0 Å². The summed E-state index contributed by atoms with van der Waals surface area (Å²) in [4.78, 5) is 28.5. The van der Waals surface area contributed by atoms with Gasteiger partial charge in [-0.25, -0.2) is 9.69 Å². The Morgan fingerprint density at radius 3 is 2.39 bits per heavy atom. The number of para-hydroxylation sites is 1. The molecule has 0 aliphatic carbocycles. The van der Waals surface area contributed by atoms with E-state index in [0.717, 1.165) is 10.0 Å². The van der Waals surface area contributed by atoms with Crippen molar-refractivity contribution in [1.29, 1.82) is 0 Å². The quantitative estimate of drug-likeness (QED) is 0.729. The molecule has 3 amide bonds. The predicted octanol–water partition coefficient (Wildman–Crippen LogP) is 4.03. The molecule has 116 valence electrons. The van der Waals surface area contributed by atoms with E-state index in [1.54, 1.807) is 28.8 Å². The van der Waals surface area contributed by atoms with Crippen LogP contribution in [-0.2, 0) is 4.79 Å². The first-order valence-corrected chi connectivity index (χ1v) is 9.09. The third kappa shape index (κ3) is 2.37. The fourth-order valence-electron chi connectivity index (χ4n) is 2.99. The van der Waals surface area contributed by atoms with Crippen molar-refractivity contribution in [3.63, 3.8) is 0 Å². The minimum atomic E-state index is -0.374. The summed E-state index contributed by atoms with van der Waals surface area (Å²) in [5.74, 6) is 0.502. The normalized spacial score (nSPS) is 23.5. The van der Waals surface area contributed by atoms with E-state index in [1.807, 2.05) is 42.5 Å². The van der Waals surface area contributed by atoms with Gasteiger partial charge in [0.15, 0.2) is 0 Å². The van der Waals surface area contributed by atoms with Gasteiger partial charge in [-0.3, -0.25) is 9.69 Å². The predicted molar refractivity (Wildman–Crippen MR) is 94.3 cm³/mol. The summed E-state index contributed by atoms with van der Waals surface area (Å²) >= 11 is 5.06. The maximum Gasteiger partial charge on any atom is 0.333 e. The molecule has 2 fully saturated rings. The molecule has 2 atom stereocenters. The summed E-state index contributed by atoms with van der Waals surface area (Å²) in [5.41, 5.74) is 1.67. The van der Waals surface area contributed by atoms with Crippen LogP contribution in [0.2, 0.25) is 0 Å². The van der Waals surface area contributed by atoms with Crippen molar-refractivity contribution in [3.05, 3.63) is 64.6 Å². The highest BCUT2D eigenvalue weighted by atomic mass is 79.9. The molecule has 0 unspecified atom stereocenters. The number of benzene rings is 2. The molecular formula is C17H13BrN2O2S. The summed E-state index contributed by atoms with van der Waals surface area (Å²) in [5, 5.41) is -0.113. The second-order valence-electron chi connectivity index (χ2n) is 5.45. The number of imide groups is 1. The van der Waals surface area contributed by atoms with E-state index in [1.165, 1.54) is 4.90 Å². The number of hydrogen-bond acceptors (Lipinski definition) is 3. The van der Waals surface area contributed by atoms with E-state index in [0.29, 0.717) is 11.4 Å². The smallest absolute Gasteiger partial charge is 0.295 e. The lowest BCUT2D eigenvalue weighted by Gasteiger charge is -2.23. The number of amides is 3. The highest BCUT2D eigenvalue weighted by Crippen LogP contribution is 2.46. The zero-order valence-corrected chi connectivity index (χ0v) is 14.5. The van der Waals surface area contributed by atoms with Gasteiger partial charge in [-0.2, -0.15) is 0 Å². The molecule has 4 rings (SSSR count). The van der Waals surface area contributed by atoms with Crippen molar-refractivity contribution in [1.82, 2.24) is 4.90 Å². The summed E-state index contributed by atoms with van der Waals surface area (Å²) in [6.07, 6.45) is 0. The van der Waals surface area contributed by atoms with Crippen molar-refractivity contribution in [3.8, 4) is 0 Å². The van der Waals surface area contributed by atoms with Crippen LogP contribution in [0, 0.1) is 0 Å². The molecule has 0 bridgehead atoms. The lowest BCUT2D eigenvalue weighted by atomic mass is 10.2. The van der Waals surface area contributed by atoms with Gasteiger partial charge < -0.3 is 0 Å². The number of carbonyl (C=O) groups is 2. The van der Waals surface area contributed by atoms with Crippen LogP contribution in [0.1, 0.15) is 10.9 Å². The largest absolute Gasteiger partial charge is 0.333 e. The van der Waals surface area contributed by atoms with E-state index >= 15 is 0 Å². The van der Waals surface area contributed by atoms with Crippen molar-refractivity contribution >= 4 is 45.3 Å². The first-order valence-electron chi connectivity index (χ1n) is 7.25. The Kier molecular flexibility index (Phi) is 3.66. The van der Waals surface area contributed by atoms with Gasteiger partial charge in [-0.1, -0.05) is 46.3 Å². The number of nitrogens with zero attached hydrogens (tertiary/aromatic N) is 2. The van der Waals surface area contributed by atoms with Crippen molar-refractivity contribution in [2.75, 3.05) is 10.7 Å². The Morgan fingerprint density at radius 2 is 1.70 bits per heavy atom. The van der Waals surface area contributed by atoms with Crippen LogP contribution in [0.4, 0.5) is 10.5 Å². The second-order valence-corrected chi connectivity index (χ2v) is 7.48. The number of urea groups is 1. The lowest BCUT2D eigenvalue weighted by Crippen LogP contribution is -2.33. The summed E-state index contributed by atoms with van der Waals surface area (Å²) in [6.45, 7) is 0. The highest BCUT2D eigenvalue weighted by molar-refractivity contribution is 9.10. The summed E-state index contributed by atoms with van der Waals surface area (Å²) < 4.78 is 0.996. The first-order chi connectivity index (χ1) is 11.2. The molecular weight excluding hydrogens is 376 g/mol. The third-order valence-electron chi connectivity index (χ3n) is 4.09. The topological polar surface area (TPSA) is 40.6 Å². The Morgan fingerprint density at radius 1 is 1.00 bits per heavy atom. The fraction of sp³-hybridized carbons (Fsp3) is 0.176. The average Bonchev–Trinajstić information content (AvgIpc) is 3.10. The van der Waals surface area contributed by atoms with Gasteiger partial charge >= 0.3 is 6.03 Å². The van der Waals surface area contributed by atoms with Crippen LogP contribution in [-0.4, -0.2) is 28.6 Å². The average molecular weight is 389 g/mol. The number of halogens is 1. The maximum absolute atomic E-state index is 12.9. The van der Waals surface area contributed by atoms with Gasteiger partial charge in [0.25, 0.3) is 5.91 Å². The fourth-order valence-corrected chi connectivity index (χ4v) is 4.67. The van der Waals surface area contributed by atoms with Crippen LogP contribution in [0.5, 0.6) is 0 Å². The Labute approximate surface area is 146 Å². The first kappa shape index (κ1) is 14.8. The minimum absolute atomic E-state index is 0.113. The molecule has 2 saturated heterocycles. The zero-order valence-electron chi connectivity index (χ0n) is 12.1. The van der Waals surface area contributed by atoms with E-state index < -0.39 is 0 Å². The molecule has 0 radical (unpaired) electrons. The summed E-state index contributed by atoms with van der Waals surface area (Å²) in [6, 6.07) is 16.4. The molecule has 6 heteroatoms. The molecule has 2 aromatic carbocycles. The van der Waals surface area contributed by atoms with Gasteiger partial charge in [0.05, 0.1) is 5.69 Å². The molecule has 2 aliphatic rings. The zero-order chi connectivity index (χ0) is 16.0. The van der Waals surface area contributed by atoms with Crippen LogP contribution < -0.4 is 4.90 Å². The minimum Gasteiger partial charge on any atom is -0.295 e. The number of rotatable bonds is 2. The van der Waals surface area contributed by atoms with Crippen molar-refractivity contribution < 1.29 is 9.59 Å². The molecule has 2 aromatic rings. The Hall–Kier alpha value is -1.79. The SMILES string of the molecule is O=C1[C@@H]2CS[C@H](c3ccc(Br)cc3)N2C(=O)N1c1ccccc1. The van der Waals surface area contributed by atoms with E-state index in [4.69, 9.17) is 0 Å². The van der Waals surface area contributed by atoms with Crippen LogP contribution in [0.25, 0.3) is 0 Å². The van der Waals surface area contributed by atoms with Crippen LogP contribution >= 0.6 is 27.7 Å². The number of carbonyl (C=O) groups excluding carboxylic acids is 2. The van der Waals surface area contributed by atoms with Crippen molar-refractivity contribution in [2.45, 2.75) is 11.4 Å². The van der Waals surface area contributed by atoms with Gasteiger partial charge in [0, 0.05) is 10.2 Å². The number of thioether (sulfide) groups is 1. The standard InChI is InChI=1S/C17H13BrN2O2S/c18-12-8-6-11(7-9-12)16-20-14(10-23-16)15(21)19(17(20)22)13-4-2-1-3-5-13/h1-9,14,16H,10H2/t14-,16+/m0/s1. The molecule has 2 heterocycles. The molecule has 2 aliphatic heterocycles. The number of hydrogen-bond donors (Lipinski definition) is 0. The Balaban J connectivity index is 1.68. The molecule has 0 aromatic heterocycles. The molecule has 4 nitrogen and oxygen atoms in total. The number of fused-ring (bicyclic) bond motifs is 1. The van der Waals surface area contributed by atoms with Crippen molar-refractivity contribution in [2.24, 2.45) is 0 Å². The molecule has 0 saturated carbocycles. The van der Waals surface area contributed by atoms with Gasteiger partial charge in [-0.05, 0) is 29.8 Å². The second kappa shape index (κ2) is 5.69. The van der Waals surface area contributed by atoms with Crippen LogP contribution in [0.3, 0.4) is 0 Å². The lowest BCUT2D eigenvalue weighted by molar-refractivity contribution is -0.119. The Bertz CT molecular complexity index is 766. The molecule has 23 heavy (non-hydrogen) atoms.